The summed E-state index contributed by atoms with van der Waals surface area (Å²) in [6, 6.07) is 48.0. The van der Waals surface area contributed by atoms with E-state index in [2.05, 4.69) is 6.58 Å². The van der Waals surface area contributed by atoms with Crippen LogP contribution >= 0.6 is 0 Å². The summed E-state index contributed by atoms with van der Waals surface area (Å²) < 4.78 is 98.8. The Hall–Kier alpha value is -6.72. The van der Waals surface area contributed by atoms with Crippen molar-refractivity contribution >= 4 is 23.9 Å². The Morgan fingerprint density at radius 1 is 0.398 bits per heavy atom. The van der Waals surface area contributed by atoms with Crippen LogP contribution in [-0.2, 0) is 123 Å². The van der Waals surface area contributed by atoms with Crippen LogP contribution in [0.1, 0.15) is 62.4 Å². The SMILES string of the molecule is C=CCO[C@@H]1O[C@H](COCc2ccccc2)[C@@H](O[C@@H]2O[C@@H](C)[C@@H](OCc3ccccc3)[C@@H](OCc3ccccc3)[C@@H]2OCc2ccccc2)[C@H](O[C@@H]2O[C@H](COC(C)=O)[C@H](OC(C)=O)[C@H](OC(C)=O)[C@H]2OC(C)=O)[C@H]1OCc1ccccc1. The summed E-state index contributed by atoms with van der Waals surface area (Å²) in [5.74, 6) is -3.17. The van der Waals surface area contributed by atoms with E-state index in [1.807, 2.05) is 159 Å². The first-order chi connectivity index (χ1) is 40.3. The first-order valence-electron chi connectivity index (χ1n) is 27.7. The first kappa shape index (κ1) is 62.3. The van der Waals surface area contributed by atoms with E-state index in [4.69, 9.17) is 71.1 Å². The molecule has 5 aromatic carbocycles. The van der Waals surface area contributed by atoms with Gasteiger partial charge in [0, 0.05) is 27.7 Å². The van der Waals surface area contributed by atoms with Crippen molar-refractivity contribution in [1.29, 1.82) is 0 Å². The molecular formula is C64H74O19. The van der Waals surface area contributed by atoms with E-state index in [0.717, 1.165) is 48.6 Å². The minimum atomic E-state index is -1.73. The molecule has 8 rings (SSSR count). The number of carbonyl (C=O) groups excluding carboxylic acids is 4. The Morgan fingerprint density at radius 2 is 0.783 bits per heavy atom. The zero-order valence-corrected chi connectivity index (χ0v) is 47.3. The summed E-state index contributed by atoms with van der Waals surface area (Å²) in [5, 5.41) is 0. The van der Waals surface area contributed by atoms with Crippen molar-refractivity contribution in [2.45, 2.75) is 160 Å². The molecule has 0 saturated carbocycles. The van der Waals surface area contributed by atoms with E-state index in [1.165, 1.54) is 6.92 Å². The van der Waals surface area contributed by atoms with E-state index >= 15 is 0 Å². The molecule has 19 heteroatoms. The van der Waals surface area contributed by atoms with Crippen LogP contribution in [0.2, 0.25) is 0 Å². The Morgan fingerprint density at radius 3 is 1.25 bits per heavy atom. The highest BCUT2D eigenvalue weighted by Gasteiger charge is 2.58. The second kappa shape index (κ2) is 31.8. The number of ether oxygens (including phenoxy) is 15. The molecule has 0 bridgehead atoms. The van der Waals surface area contributed by atoms with Gasteiger partial charge in [0.25, 0.3) is 0 Å². The molecule has 19 nitrogen and oxygen atoms in total. The van der Waals surface area contributed by atoms with Crippen molar-refractivity contribution in [3.05, 3.63) is 192 Å². The Labute approximate surface area is 484 Å². The molecule has 3 aliphatic heterocycles. The molecule has 3 saturated heterocycles. The van der Waals surface area contributed by atoms with Crippen LogP contribution in [0, 0.1) is 0 Å². The van der Waals surface area contributed by atoms with Gasteiger partial charge in [-0.3, -0.25) is 19.2 Å². The molecule has 15 atom stereocenters. The molecule has 0 aromatic heterocycles. The lowest BCUT2D eigenvalue weighted by atomic mass is 9.95. The van der Waals surface area contributed by atoms with E-state index in [0.29, 0.717) is 0 Å². The monoisotopic (exact) mass is 1150 g/mol. The third kappa shape index (κ3) is 18.4. The zero-order valence-electron chi connectivity index (χ0n) is 47.3. The van der Waals surface area contributed by atoms with Crippen molar-refractivity contribution in [1.82, 2.24) is 0 Å². The van der Waals surface area contributed by atoms with Crippen LogP contribution in [0.5, 0.6) is 0 Å². The van der Waals surface area contributed by atoms with Crippen LogP contribution in [-0.4, -0.2) is 136 Å². The average molecular weight is 1150 g/mol. The smallest absolute Gasteiger partial charge is 0.303 e. The first-order valence-corrected chi connectivity index (χ1v) is 27.7. The predicted molar refractivity (Wildman–Crippen MR) is 297 cm³/mol. The van der Waals surface area contributed by atoms with Gasteiger partial charge in [-0.15, -0.1) is 6.58 Å². The van der Waals surface area contributed by atoms with Gasteiger partial charge in [-0.25, -0.2) is 0 Å². The van der Waals surface area contributed by atoms with Crippen LogP contribution in [0.25, 0.3) is 0 Å². The minimum Gasteiger partial charge on any atom is -0.463 e. The minimum absolute atomic E-state index is 0.0151. The highest BCUT2D eigenvalue weighted by Crippen LogP contribution is 2.39. The normalized spacial score (nSPS) is 27.8. The number of hydrogen-bond donors (Lipinski definition) is 0. The number of benzene rings is 5. The second-order valence-electron chi connectivity index (χ2n) is 20.2. The van der Waals surface area contributed by atoms with Gasteiger partial charge in [0.15, 0.2) is 37.2 Å². The molecule has 3 fully saturated rings. The fourth-order valence-corrected chi connectivity index (χ4v) is 10.0. The summed E-state index contributed by atoms with van der Waals surface area (Å²) in [6.07, 6.45) is -17.3. The van der Waals surface area contributed by atoms with Gasteiger partial charge in [-0.05, 0) is 34.7 Å². The van der Waals surface area contributed by atoms with Crippen LogP contribution in [0.4, 0.5) is 0 Å². The largest absolute Gasteiger partial charge is 0.463 e. The van der Waals surface area contributed by atoms with Gasteiger partial charge in [0.1, 0.15) is 55.4 Å². The molecular weight excluding hydrogens is 1070 g/mol. The zero-order chi connectivity index (χ0) is 58.5. The number of hydrogen-bond acceptors (Lipinski definition) is 19. The van der Waals surface area contributed by atoms with Crippen molar-refractivity contribution < 1.29 is 90.2 Å². The van der Waals surface area contributed by atoms with E-state index in [9.17, 15) is 19.2 Å². The maximum atomic E-state index is 13.3. The third-order valence-electron chi connectivity index (χ3n) is 13.8. The Kier molecular flexibility index (Phi) is 23.9. The topological polar surface area (TPSA) is 207 Å². The lowest BCUT2D eigenvalue weighted by molar-refractivity contribution is -0.394. The van der Waals surface area contributed by atoms with Crippen molar-refractivity contribution in [3.8, 4) is 0 Å². The predicted octanol–water partition coefficient (Wildman–Crippen LogP) is 8.07. The van der Waals surface area contributed by atoms with Gasteiger partial charge in [-0.2, -0.15) is 0 Å². The van der Waals surface area contributed by atoms with Crippen LogP contribution in [0.15, 0.2) is 164 Å². The Balaban J connectivity index is 1.27. The maximum absolute atomic E-state index is 13.3. The van der Waals surface area contributed by atoms with Crippen molar-refractivity contribution in [3.63, 3.8) is 0 Å². The molecule has 3 aliphatic rings. The maximum Gasteiger partial charge on any atom is 0.303 e. The molecule has 0 N–H and O–H groups in total. The summed E-state index contributed by atoms with van der Waals surface area (Å²) in [6.45, 7) is 10.3. The highest BCUT2D eigenvalue weighted by atomic mass is 16.8. The molecule has 0 aliphatic carbocycles. The number of carbonyl (C=O) groups is 4. The van der Waals surface area contributed by atoms with Crippen molar-refractivity contribution in [2.75, 3.05) is 19.8 Å². The van der Waals surface area contributed by atoms with Gasteiger partial charge in [0.05, 0.1) is 52.4 Å². The third-order valence-corrected chi connectivity index (χ3v) is 13.8. The summed E-state index contributed by atoms with van der Waals surface area (Å²) in [5.41, 5.74) is 4.31. The summed E-state index contributed by atoms with van der Waals surface area (Å²) >= 11 is 0. The number of rotatable bonds is 28. The van der Waals surface area contributed by atoms with Crippen molar-refractivity contribution in [2.24, 2.45) is 0 Å². The molecule has 83 heavy (non-hydrogen) atoms. The summed E-state index contributed by atoms with van der Waals surface area (Å²) in [7, 11) is 0. The van der Waals surface area contributed by atoms with Crippen LogP contribution < -0.4 is 0 Å². The Bertz CT molecular complexity index is 2760. The average Bonchev–Trinajstić information content (AvgIpc) is 3.66. The van der Waals surface area contributed by atoms with E-state index < -0.39 is 123 Å². The van der Waals surface area contributed by atoms with E-state index in [1.54, 1.807) is 6.08 Å². The standard InChI is InChI=1S/C64H74O19/c1-7-33-70-62-60(75-38-50-31-21-12-22-32-50)57(83-64-61(79-45(6)68)58(78-44(5)67)54(77-43(4)66)52(81-64)40-71-42(3)65)55(51(80-62)39-69-34-46-23-13-8-14-24-46)82-63-59(74-37-49-29-19-11-20-30-49)56(73-36-48-27-17-10-18-28-48)53(41(2)76-63)72-35-47-25-15-9-16-26-47/h7-32,41,51-64H,1,33-40H2,2-6H3/t41-,51+,52+,53+,54-,55+,56+,57-,58-,59-,60+,61+,62+,63-,64-/m0/s1. The fraction of sp³-hybridized carbons (Fsp3) is 0.438. The molecule has 0 radical (unpaired) electrons. The molecule has 0 amide bonds. The van der Waals surface area contributed by atoms with Gasteiger partial charge in [0.2, 0.25) is 0 Å². The lowest BCUT2D eigenvalue weighted by Crippen LogP contribution is -2.68. The molecule has 0 unspecified atom stereocenters. The van der Waals surface area contributed by atoms with Gasteiger partial charge in [-0.1, -0.05) is 158 Å². The van der Waals surface area contributed by atoms with Gasteiger partial charge >= 0.3 is 23.9 Å². The fourth-order valence-electron chi connectivity index (χ4n) is 10.0. The number of esters is 4. The summed E-state index contributed by atoms with van der Waals surface area (Å²) in [4.78, 5) is 51.5. The molecule has 3 heterocycles. The molecule has 444 valence electrons. The van der Waals surface area contributed by atoms with Gasteiger partial charge < -0.3 is 71.1 Å². The second-order valence-corrected chi connectivity index (χ2v) is 20.2. The van der Waals surface area contributed by atoms with Crippen LogP contribution in [0.3, 0.4) is 0 Å². The molecule has 5 aromatic rings. The quantitative estimate of drug-likeness (QED) is 0.0264. The lowest BCUT2D eigenvalue weighted by Gasteiger charge is -2.51. The molecule has 0 spiro atoms. The highest BCUT2D eigenvalue weighted by molar-refractivity contribution is 5.68. The van der Waals surface area contributed by atoms with E-state index in [-0.39, 0.29) is 46.2 Å².